The Morgan fingerprint density at radius 2 is 1.48 bits per heavy atom. The highest BCUT2D eigenvalue weighted by atomic mass is 35.5. The van der Waals surface area contributed by atoms with E-state index in [1.165, 1.54) is 30.2 Å². The zero-order valence-corrected chi connectivity index (χ0v) is 31.6. The van der Waals surface area contributed by atoms with Crippen LogP contribution in [0.5, 0.6) is 0 Å². The topological polar surface area (TPSA) is 114 Å². The van der Waals surface area contributed by atoms with Crippen LogP contribution < -0.4 is 16.0 Å². The number of carbonyl (C=O) groups is 4. The van der Waals surface area contributed by atoms with Crippen LogP contribution in [0.25, 0.3) is 17.2 Å². The van der Waals surface area contributed by atoms with Crippen LogP contribution in [-0.2, 0) is 14.3 Å². The summed E-state index contributed by atoms with van der Waals surface area (Å²) in [4.78, 5) is 54.7. The van der Waals surface area contributed by atoms with Crippen molar-refractivity contribution in [2.24, 2.45) is 0 Å². The summed E-state index contributed by atoms with van der Waals surface area (Å²) in [5, 5.41) is 10.6. The third-order valence-electron chi connectivity index (χ3n) is 8.18. The zero-order valence-electron chi connectivity index (χ0n) is 29.2. The number of ether oxygens (including phenoxy) is 1. The fourth-order valence-corrected chi connectivity index (χ4v) is 7.60. The van der Waals surface area contributed by atoms with E-state index in [4.69, 9.17) is 16.3 Å². The number of halogens is 1. The van der Waals surface area contributed by atoms with E-state index in [1.54, 1.807) is 78.9 Å². The Kier molecular flexibility index (Phi) is 12.4. The van der Waals surface area contributed by atoms with Gasteiger partial charge in [0.15, 0.2) is 0 Å². The van der Waals surface area contributed by atoms with Gasteiger partial charge in [0.05, 0.1) is 7.11 Å². The van der Waals surface area contributed by atoms with E-state index >= 15 is 0 Å². The number of amides is 3. The normalized spacial score (nSPS) is 11.6. The van der Waals surface area contributed by atoms with Crippen LogP contribution >= 0.6 is 34.7 Å². The SMILES string of the molecule is COC(=O)c1c(-c2ccc(C)cc2)csc1NC(=O)C(Sc1cccc(NC(=O)/C(=C/c2ccc(Cl)cc2)NC(=O)c2ccccc2)c1)c1ccccc1. The molecule has 1 aromatic heterocycles. The molecule has 0 bridgehead atoms. The molecule has 270 valence electrons. The second kappa shape index (κ2) is 17.7. The summed E-state index contributed by atoms with van der Waals surface area (Å²) in [5.74, 6) is -1.90. The Morgan fingerprint density at radius 3 is 2.17 bits per heavy atom. The minimum atomic E-state index is -0.738. The third kappa shape index (κ3) is 9.53. The summed E-state index contributed by atoms with van der Waals surface area (Å²) in [6, 6.07) is 39.6. The van der Waals surface area contributed by atoms with Gasteiger partial charge in [-0.05, 0) is 72.2 Å². The number of anilines is 2. The second-order valence-electron chi connectivity index (χ2n) is 12.0. The highest BCUT2D eigenvalue weighted by Crippen LogP contribution is 2.40. The van der Waals surface area contributed by atoms with Gasteiger partial charge in [0.25, 0.3) is 11.8 Å². The highest BCUT2D eigenvalue weighted by Gasteiger charge is 2.27. The van der Waals surface area contributed by atoms with Crippen molar-refractivity contribution in [3.8, 4) is 11.1 Å². The highest BCUT2D eigenvalue weighted by molar-refractivity contribution is 8.00. The minimum absolute atomic E-state index is 0.0214. The first-order valence-corrected chi connectivity index (χ1v) is 18.9. The molecule has 8 nitrogen and oxygen atoms in total. The average Bonchev–Trinajstić information content (AvgIpc) is 3.61. The number of methoxy groups -OCH3 is 1. The lowest BCUT2D eigenvalue weighted by Crippen LogP contribution is -2.30. The van der Waals surface area contributed by atoms with Crippen LogP contribution in [0.2, 0.25) is 5.02 Å². The van der Waals surface area contributed by atoms with Crippen LogP contribution in [0.4, 0.5) is 10.7 Å². The van der Waals surface area contributed by atoms with E-state index < -0.39 is 23.0 Å². The number of aryl methyl sites for hydroxylation is 1. The van der Waals surface area contributed by atoms with E-state index in [0.717, 1.165) is 16.7 Å². The van der Waals surface area contributed by atoms with Gasteiger partial charge in [-0.1, -0.05) is 108 Å². The molecule has 5 aromatic carbocycles. The first-order chi connectivity index (χ1) is 26.2. The maximum Gasteiger partial charge on any atom is 0.341 e. The van der Waals surface area contributed by atoms with Crippen molar-refractivity contribution >= 4 is 75.2 Å². The predicted molar refractivity (Wildman–Crippen MR) is 218 cm³/mol. The maximum atomic E-state index is 14.1. The van der Waals surface area contributed by atoms with Gasteiger partial charge in [0.2, 0.25) is 5.91 Å². The Balaban J connectivity index is 1.25. The quantitative estimate of drug-likeness (QED) is 0.0649. The maximum absolute atomic E-state index is 14.1. The monoisotopic (exact) mass is 771 g/mol. The first kappa shape index (κ1) is 37.8. The molecular formula is C43H34ClN3O5S2. The largest absolute Gasteiger partial charge is 0.465 e. The molecule has 54 heavy (non-hydrogen) atoms. The number of rotatable bonds is 12. The van der Waals surface area contributed by atoms with Crippen molar-refractivity contribution in [2.45, 2.75) is 17.1 Å². The first-order valence-electron chi connectivity index (χ1n) is 16.7. The van der Waals surface area contributed by atoms with Crippen molar-refractivity contribution in [2.75, 3.05) is 17.7 Å². The lowest BCUT2D eigenvalue weighted by Gasteiger charge is -2.18. The summed E-state index contributed by atoms with van der Waals surface area (Å²) in [7, 11) is 1.31. The molecule has 0 fully saturated rings. The molecule has 0 radical (unpaired) electrons. The van der Waals surface area contributed by atoms with Crippen LogP contribution in [-0.4, -0.2) is 30.8 Å². The summed E-state index contributed by atoms with van der Waals surface area (Å²) in [5.41, 5.74) is 5.11. The van der Waals surface area contributed by atoms with Crippen molar-refractivity contribution < 1.29 is 23.9 Å². The molecule has 0 aliphatic rings. The molecule has 6 aromatic rings. The van der Waals surface area contributed by atoms with Crippen molar-refractivity contribution in [1.29, 1.82) is 0 Å². The Hall–Kier alpha value is -5.94. The molecule has 0 saturated heterocycles. The summed E-state index contributed by atoms with van der Waals surface area (Å²) in [6.07, 6.45) is 1.57. The van der Waals surface area contributed by atoms with Crippen LogP contribution in [0, 0.1) is 6.92 Å². The van der Waals surface area contributed by atoms with E-state index in [1.807, 2.05) is 73.0 Å². The number of nitrogens with one attached hydrogen (secondary N) is 3. The van der Waals surface area contributed by atoms with E-state index in [2.05, 4.69) is 16.0 Å². The number of hydrogen-bond acceptors (Lipinski definition) is 7. The zero-order chi connectivity index (χ0) is 38.0. The Bertz CT molecular complexity index is 2310. The molecule has 0 aliphatic carbocycles. The van der Waals surface area contributed by atoms with Crippen LogP contribution in [0.3, 0.4) is 0 Å². The van der Waals surface area contributed by atoms with Gasteiger partial charge in [-0.3, -0.25) is 14.4 Å². The second-order valence-corrected chi connectivity index (χ2v) is 14.5. The standard InChI is InChI=1S/C43H34ClN3O5S2/c1-27-16-20-29(21-17-27)35-26-53-42(37(35)43(51)52-2)47-41(50)38(30-10-5-3-6-11-30)54-34-15-9-14-33(25-34)45-40(49)36(24-28-18-22-32(44)23-19-28)46-39(48)31-12-7-4-8-13-31/h3-26,38H,1-2H3,(H,45,49)(H,46,48)(H,47,50)/b36-24-. The molecule has 1 unspecified atom stereocenters. The smallest absolute Gasteiger partial charge is 0.341 e. The summed E-state index contributed by atoms with van der Waals surface area (Å²) in [6.45, 7) is 1.99. The fraction of sp³-hybridized carbons (Fsp3) is 0.0698. The van der Waals surface area contributed by atoms with Gasteiger partial charge in [-0.25, -0.2) is 4.79 Å². The molecule has 6 rings (SSSR count). The Labute approximate surface area is 326 Å². The molecule has 3 amide bonds. The molecular weight excluding hydrogens is 738 g/mol. The van der Waals surface area contributed by atoms with E-state index in [-0.39, 0.29) is 17.2 Å². The number of esters is 1. The van der Waals surface area contributed by atoms with Gasteiger partial charge in [0, 0.05) is 32.1 Å². The molecule has 0 aliphatic heterocycles. The van der Waals surface area contributed by atoms with Crippen molar-refractivity contribution in [3.63, 3.8) is 0 Å². The van der Waals surface area contributed by atoms with Gasteiger partial charge < -0.3 is 20.7 Å². The minimum Gasteiger partial charge on any atom is -0.465 e. The van der Waals surface area contributed by atoms with Gasteiger partial charge in [-0.15, -0.1) is 23.1 Å². The predicted octanol–water partition coefficient (Wildman–Crippen LogP) is 10.0. The average molecular weight is 772 g/mol. The van der Waals surface area contributed by atoms with Gasteiger partial charge in [0.1, 0.15) is 21.5 Å². The lowest BCUT2D eigenvalue weighted by atomic mass is 10.0. The summed E-state index contributed by atoms with van der Waals surface area (Å²) >= 11 is 8.61. The summed E-state index contributed by atoms with van der Waals surface area (Å²) < 4.78 is 5.13. The van der Waals surface area contributed by atoms with E-state index in [9.17, 15) is 19.2 Å². The number of hydrogen-bond donors (Lipinski definition) is 3. The van der Waals surface area contributed by atoms with Gasteiger partial charge in [-0.2, -0.15) is 0 Å². The molecule has 0 saturated carbocycles. The molecule has 1 atom stereocenters. The van der Waals surface area contributed by atoms with E-state index in [0.29, 0.717) is 37.3 Å². The molecule has 1 heterocycles. The molecule has 11 heteroatoms. The van der Waals surface area contributed by atoms with Crippen molar-refractivity contribution in [1.82, 2.24) is 5.32 Å². The third-order valence-corrected chi connectivity index (χ3v) is 10.6. The lowest BCUT2D eigenvalue weighted by molar-refractivity contribution is -0.116. The van der Waals surface area contributed by atoms with Crippen LogP contribution in [0.1, 0.15) is 42.7 Å². The number of carbonyl (C=O) groups excluding carboxylic acids is 4. The van der Waals surface area contributed by atoms with Crippen molar-refractivity contribution in [3.05, 3.63) is 177 Å². The fourth-order valence-electron chi connectivity index (χ4n) is 5.43. The number of thioether (sulfide) groups is 1. The molecule has 0 spiro atoms. The van der Waals surface area contributed by atoms with Gasteiger partial charge >= 0.3 is 5.97 Å². The van der Waals surface area contributed by atoms with Crippen LogP contribution in [0.15, 0.2) is 149 Å². The number of thiophene rings is 1. The molecule has 3 N–H and O–H groups in total. The number of benzene rings is 5. The Morgan fingerprint density at radius 1 is 0.796 bits per heavy atom.